The SMILES string of the molecule is C[Si](C)(/C=C/c1ccc2c(c1)CC2)OC12CC3CC(O[Si](C)(C)/C=C/c4ccc5c(c4)CC5)(C1)CC(O[Si](C)(C)/C=C/c1ccc4c(c1)CC4)(C3)C2. The van der Waals surface area contributed by atoms with Gasteiger partial charge in [0.2, 0.25) is 25.0 Å². The van der Waals surface area contributed by atoms with Crippen LogP contribution >= 0.6 is 0 Å². The number of aryl methyl sites for hydroxylation is 6. The summed E-state index contributed by atoms with van der Waals surface area (Å²) in [6, 6.07) is 21.0. The Morgan fingerprint density at radius 3 is 0.981 bits per heavy atom. The lowest BCUT2D eigenvalue weighted by atomic mass is 9.50. The van der Waals surface area contributed by atoms with Crippen molar-refractivity contribution in [1.29, 1.82) is 0 Å². The Morgan fingerprint density at radius 1 is 0.442 bits per heavy atom. The van der Waals surface area contributed by atoms with E-state index in [1.165, 1.54) is 88.6 Å². The van der Waals surface area contributed by atoms with E-state index in [4.69, 9.17) is 13.3 Å². The Morgan fingerprint density at radius 2 is 0.731 bits per heavy atom. The minimum Gasteiger partial charge on any atom is -0.408 e. The topological polar surface area (TPSA) is 27.7 Å². The van der Waals surface area contributed by atoms with E-state index in [0.717, 1.165) is 38.5 Å². The van der Waals surface area contributed by atoms with Crippen LogP contribution in [-0.2, 0) is 51.8 Å². The van der Waals surface area contributed by atoms with E-state index in [-0.39, 0.29) is 16.8 Å². The standard InChI is InChI=1S/C46H58O3Si3/c1-50(2,22-19-34-7-10-38-13-16-41(38)25-34)47-44-28-37-29-45(31-44,48-51(3,4)23-20-35-8-11-39-14-17-42(39)26-35)33-46(30-37,32-44)49-52(5,6)24-21-36-9-12-40-15-18-43(40)27-36/h7-12,19-27,37H,13-18,28-33H2,1-6H3/b22-19+,23-20+,24-21+. The zero-order valence-corrected chi connectivity index (χ0v) is 35.4. The van der Waals surface area contributed by atoms with Gasteiger partial charge in [-0.25, -0.2) is 0 Å². The molecule has 4 saturated carbocycles. The first-order valence-electron chi connectivity index (χ1n) is 20.2. The van der Waals surface area contributed by atoms with Gasteiger partial charge in [0.05, 0.1) is 16.8 Å². The van der Waals surface area contributed by atoms with Gasteiger partial charge in [-0.1, -0.05) is 89.9 Å². The highest BCUT2D eigenvalue weighted by atomic mass is 28.4. The van der Waals surface area contributed by atoms with Crippen LogP contribution in [0.1, 0.15) is 88.6 Å². The second-order valence-electron chi connectivity index (χ2n) is 19.3. The lowest BCUT2D eigenvalue weighted by Gasteiger charge is -2.68. The van der Waals surface area contributed by atoms with Crippen LogP contribution in [0.5, 0.6) is 0 Å². The van der Waals surface area contributed by atoms with Crippen LogP contribution in [0.25, 0.3) is 18.2 Å². The highest BCUT2D eigenvalue weighted by Gasteiger charge is 2.67. The highest BCUT2D eigenvalue weighted by molar-refractivity contribution is 6.77. The summed E-state index contributed by atoms with van der Waals surface area (Å²) in [6.07, 6.45) is 20.7. The van der Waals surface area contributed by atoms with E-state index < -0.39 is 25.0 Å². The van der Waals surface area contributed by atoms with E-state index in [1.54, 1.807) is 0 Å². The fourth-order valence-electron chi connectivity index (χ4n) is 11.1. The Bertz CT molecular complexity index is 1770. The molecule has 0 saturated heterocycles. The molecule has 52 heavy (non-hydrogen) atoms. The van der Waals surface area contributed by atoms with Gasteiger partial charge in [-0.2, -0.15) is 0 Å². The van der Waals surface area contributed by atoms with Gasteiger partial charge in [0.15, 0.2) is 0 Å². The Hall–Kier alpha value is -2.59. The summed E-state index contributed by atoms with van der Waals surface area (Å²) in [7, 11) is -6.58. The summed E-state index contributed by atoms with van der Waals surface area (Å²) in [5, 5.41) is 0. The first-order valence-corrected chi connectivity index (χ1v) is 29.2. The summed E-state index contributed by atoms with van der Waals surface area (Å²) in [5.41, 5.74) is 19.7. The molecule has 7 aliphatic rings. The molecule has 0 N–H and O–H groups in total. The zero-order valence-electron chi connectivity index (χ0n) is 32.4. The lowest BCUT2D eigenvalue weighted by molar-refractivity contribution is -0.235. The van der Waals surface area contributed by atoms with Gasteiger partial charge in [0.25, 0.3) is 0 Å². The van der Waals surface area contributed by atoms with E-state index in [0.29, 0.717) is 5.92 Å². The maximum absolute atomic E-state index is 7.61. The third-order valence-electron chi connectivity index (χ3n) is 13.1. The van der Waals surface area contributed by atoms with Crippen molar-refractivity contribution in [3.8, 4) is 0 Å². The first-order chi connectivity index (χ1) is 24.7. The van der Waals surface area contributed by atoms with Crippen molar-refractivity contribution in [3.05, 3.63) is 122 Å². The first kappa shape index (κ1) is 35.1. The van der Waals surface area contributed by atoms with Gasteiger partial charge in [-0.15, -0.1) is 0 Å². The Labute approximate surface area is 316 Å². The van der Waals surface area contributed by atoms with Crippen molar-refractivity contribution in [1.82, 2.24) is 0 Å². The monoisotopic (exact) mass is 742 g/mol. The molecule has 3 nitrogen and oxygen atoms in total. The van der Waals surface area contributed by atoms with Crippen LogP contribution in [0.15, 0.2) is 71.7 Å². The van der Waals surface area contributed by atoms with Gasteiger partial charge in [0, 0.05) is 19.3 Å². The molecule has 0 unspecified atom stereocenters. The molecule has 0 aliphatic heterocycles. The molecule has 4 bridgehead atoms. The second-order valence-corrected chi connectivity index (χ2v) is 30.5. The molecule has 3 aromatic carbocycles. The van der Waals surface area contributed by atoms with Gasteiger partial charge < -0.3 is 13.3 Å². The molecule has 6 heteroatoms. The van der Waals surface area contributed by atoms with Crippen molar-refractivity contribution in [2.45, 2.75) is 133 Å². The number of fused-ring (bicyclic) bond motifs is 3. The fraction of sp³-hybridized carbons (Fsp3) is 0.478. The van der Waals surface area contributed by atoms with E-state index >= 15 is 0 Å². The Kier molecular flexibility index (Phi) is 8.43. The van der Waals surface area contributed by atoms with Crippen LogP contribution in [-0.4, -0.2) is 41.8 Å². The maximum Gasteiger partial charge on any atom is 0.211 e. The van der Waals surface area contributed by atoms with Crippen molar-refractivity contribution < 1.29 is 13.3 Å². The summed E-state index contributed by atoms with van der Waals surface area (Å²) in [6.45, 7) is 14.4. The van der Waals surface area contributed by atoms with Crippen LogP contribution < -0.4 is 0 Å². The normalized spacial score (nSPS) is 28.8. The fourth-order valence-corrected chi connectivity index (χ4v) is 17.2. The van der Waals surface area contributed by atoms with E-state index in [9.17, 15) is 0 Å². The van der Waals surface area contributed by atoms with Gasteiger partial charge in [-0.05, 0) is 153 Å². The minimum absolute atomic E-state index is 0.216. The minimum atomic E-state index is -2.19. The molecule has 7 aliphatic carbocycles. The van der Waals surface area contributed by atoms with Crippen molar-refractivity contribution in [3.63, 3.8) is 0 Å². The molecule has 0 atom stereocenters. The average molecular weight is 743 g/mol. The Balaban J connectivity index is 0.997. The molecule has 0 radical (unpaired) electrons. The van der Waals surface area contributed by atoms with Gasteiger partial charge in [-0.3, -0.25) is 0 Å². The summed E-state index contributed by atoms with van der Waals surface area (Å²) in [5.74, 6) is 0.557. The second kappa shape index (κ2) is 12.5. The van der Waals surface area contributed by atoms with Crippen LogP contribution in [0.2, 0.25) is 39.3 Å². The van der Waals surface area contributed by atoms with Crippen molar-refractivity contribution >= 4 is 43.2 Å². The summed E-state index contributed by atoms with van der Waals surface area (Å²) in [4.78, 5) is 0. The number of rotatable bonds is 12. The lowest BCUT2D eigenvalue weighted by Crippen LogP contribution is -2.71. The number of hydrogen-bond acceptors (Lipinski definition) is 3. The number of hydrogen-bond donors (Lipinski definition) is 0. The summed E-state index contributed by atoms with van der Waals surface area (Å²) < 4.78 is 22.8. The maximum atomic E-state index is 7.61. The van der Waals surface area contributed by atoms with Crippen molar-refractivity contribution in [2.24, 2.45) is 5.92 Å². The van der Waals surface area contributed by atoms with Crippen molar-refractivity contribution in [2.75, 3.05) is 0 Å². The molecule has 0 spiro atoms. The van der Waals surface area contributed by atoms with Crippen LogP contribution in [0.3, 0.4) is 0 Å². The largest absolute Gasteiger partial charge is 0.408 e. The smallest absolute Gasteiger partial charge is 0.211 e. The molecule has 4 fully saturated rings. The third-order valence-corrected chi connectivity index (χ3v) is 18.9. The van der Waals surface area contributed by atoms with Gasteiger partial charge in [0.1, 0.15) is 0 Å². The zero-order chi connectivity index (χ0) is 36.0. The molecule has 0 amide bonds. The van der Waals surface area contributed by atoms with E-state index in [1.807, 2.05) is 0 Å². The molecular weight excluding hydrogens is 685 g/mol. The highest BCUT2D eigenvalue weighted by Crippen LogP contribution is 2.64. The molecular formula is C46H58O3Si3. The van der Waals surface area contributed by atoms with Crippen LogP contribution in [0.4, 0.5) is 0 Å². The van der Waals surface area contributed by atoms with Gasteiger partial charge >= 0.3 is 0 Å². The predicted molar refractivity (Wildman–Crippen MR) is 224 cm³/mol. The molecule has 10 rings (SSSR count). The van der Waals surface area contributed by atoms with Crippen LogP contribution in [0, 0.1) is 5.92 Å². The average Bonchev–Trinajstić information content (AvgIpc) is 2.99. The molecule has 0 heterocycles. The predicted octanol–water partition coefficient (Wildman–Crippen LogP) is 10.9. The molecule has 272 valence electrons. The third kappa shape index (κ3) is 7.04. The number of benzene rings is 3. The van der Waals surface area contributed by atoms with E-state index in [2.05, 4.69) is 129 Å². The molecule has 3 aromatic rings. The quantitative estimate of drug-likeness (QED) is 0.173. The summed E-state index contributed by atoms with van der Waals surface area (Å²) >= 11 is 0. The molecule has 0 aromatic heterocycles.